The van der Waals surface area contributed by atoms with E-state index in [4.69, 9.17) is 16.3 Å². The monoisotopic (exact) mass is 523 g/mol. The maximum Gasteiger partial charge on any atom is 0.244 e. The van der Waals surface area contributed by atoms with Crippen molar-refractivity contribution in [1.29, 1.82) is 0 Å². The average molecular weight is 524 g/mol. The van der Waals surface area contributed by atoms with E-state index in [1.807, 2.05) is 38.1 Å². The second kappa shape index (κ2) is 12.8. The zero-order valence-electron chi connectivity index (χ0n) is 20.9. The van der Waals surface area contributed by atoms with E-state index in [0.29, 0.717) is 12.3 Å². The van der Waals surface area contributed by atoms with Crippen LogP contribution in [0.25, 0.3) is 0 Å². The number of hydrogen-bond acceptors (Lipinski definition) is 5. The number of hydrogen-bond donors (Lipinski definition) is 1. The molecule has 0 heterocycles. The predicted octanol–water partition coefficient (Wildman–Crippen LogP) is 3.76. The van der Waals surface area contributed by atoms with Gasteiger partial charge in [-0.2, -0.15) is 0 Å². The number of unbranched alkanes of at least 4 members (excludes halogenated alkanes) is 1. The zero-order valence-corrected chi connectivity index (χ0v) is 22.4. The Morgan fingerprint density at radius 2 is 1.86 bits per heavy atom. The smallest absolute Gasteiger partial charge is 0.244 e. The summed E-state index contributed by atoms with van der Waals surface area (Å²) in [5.41, 5.74) is 2.06. The summed E-state index contributed by atoms with van der Waals surface area (Å²) in [7, 11) is -2.39. The van der Waals surface area contributed by atoms with Crippen LogP contribution in [0.15, 0.2) is 42.5 Å². The summed E-state index contributed by atoms with van der Waals surface area (Å²) in [5.74, 6) is -0.420. The van der Waals surface area contributed by atoms with Crippen LogP contribution in [0.1, 0.15) is 37.8 Å². The Morgan fingerprint density at radius 1 is 1.17 bits per heavy atom. The van der Waals surface area contributed by atoms with Gasteiger partial charge in [0, 0.05) is 13.1 Å². The average Bonchev–Trinajstić information content (AvgIpc) is 2.80. The van der Waals surface area contributed by atoms with Gasteiger partial charge < -0.3 is 15.0 Å². The number of benzene rings is 2. The van der Waals surface area contributed by atoms with E-state index in [1.54, 1.807) is 6.92 Å². The zero-order chi connectivity index (χ0) is 26.2. The molecule has 2 aromatic carbocycles. The number of methoxy groups -OCH3 is 1. The van der Waals surface area contributed by atoms with Crippen LogP contribution >= 0.6 is 11.6 Å². The van der Waals surface area contributed by atoms with Crippen molar-refractivity contribution in [2.75, 3.05) is 30.8 Å². The van der Waals surface area contributed by atoms with Crippen LogP contribution in [-0.2, 0) is 26.2 Å². The van der Waals surface area contributed by atoms with Gasteiger partial charge in [0.15, 0.2) is 0 Å². The van der Waals surface area contributed by atoms with E-state index in [9.17, 15) is 18.0 Å². The molecule has 0 aliphatic rings. The Balaban J connectivity index is 2.39. The molecule has 8 nitrogen and oxygen atoms in total. The standard InChI is InChI=1S/C25H34ClN3O5S/c1-6-7-14-27-25(31)19(3)28(16-20-11-9-8-10-18(20)2)24(30)17-29(35(5,32)33)21-12-13-23(34-4)22(26)15-21/h8-13,15,19H,6-7,14,16-17H2,1-5H3,(H,27,31). The molecule has 1 unspecified atom stereocenters. The topological polar surface area (TPSA) is 96.0 Å². The van der Waals surface area contributed by atoms with Crippen molar-refractivity contribution in [3.63, 3.8) is 0 Å². The molecule has 0 radical (unpaired) electrons. The van der Waals surface area contributed by atoms with Gasteiger partial charge >= 0.3 is 0 Å². The third kappa shape index (κ3) is 7.86. The molecule has 0 spiro atoms. The molecule has 0 aliphatic carbocycles. The lowest BCUT2D eigenvalue weighted by Crippen LogP contribution is -2.51. The Hall–Kier alpha value is -2.78. The molecule has 0 aromatic heterocycles. The molecule has 1 N–H and O–H groups in total. The number of carbonyl (C=O) groups excluding carboxylic acids is 2. The molecule has 0 saturated heterocycles. The number of amides is 2. The second-order valence-electron chi connectivity index (χ2n) is 8.36. The van der Waals surface area contributed by atoms with E-state index < -0.39 is 28.5 Å². The quantitative estimate of drug-likeness (QED) is 0.427. The highest BCUT2D eigenvalue weighted by molar-refractivity contribution is 7.92. The maximum atomic E-state index is 13.6. The molecule has 1 atom stereocenters. The van der Waals surface area contributed by atoms with Crippen molar-refractivity contribution in [2.24, 2.45) is 0 Å². The van der Waals surface area contributed by atoms with Crippen molar-refractivity contribution < 1.29 is 22.7 Å². The van der Waals surface area contributed by atoms with Crippen molar-refractivity contribution in [1.82, 2.24) is 10.2 Å². The Morgan fingerprint density at radius 3 is 2.43 bits per heavy atom. The molecule has 35 heavy (non-hydrogen) atoms. The number of carbonyl (C=O) groups is 2. The van der Waals surface area contributed by atoms with Gasteiger partial charge in [-0.1, -0.05) is 49.2 Å². The molecule has 0 bridgehead atoms. The van der Waals surface area contributed by atoms with E-state index in [-0.39, 0.29) is 23.2 Å². The summed E-state index contributed by atoms with van der Waals surface area (Å²) >= 11 is 6.21. The van der Waals surface area contributed by atoms with Crippen LogP contribution in [-0.4, -0.2) is 57.6 Å². The largest absolute Gasteiger partial charge is 0.495 e. The fraction of sp³-hybridized carbons (Fsp3) is 0.440. The molecule has 10 heteroatoms. The van der Waals surface area contributed by atoms with E-state index in [0.717, 1.165) is 34.5 Å². The van der Waals surface area contributed by atoms with Crippen LogP contribution in [0, 0.1) is 6.92 Å². The highest BCUT2D eigenvalue weighted by atomic mass is 35.5. The fourth-order valence-corrected chi connectivity index (χ4v) is 4.61. The van der Waals surface area contributed by atoms with Gasteiger partial charge in [-0.25, -0.2) is 8.42 Å². The summed E-state index contributed by atoms with van der Waals surface area (Å²) in [6, 6.07) is 11.2. The normalized spacial score (nSPS) is 12.1. The van der Waals surface area contributed by atoms with E-state index in [1.165, 1.54) is 30.2 Å². The Kier molecular flexibility index (Phi) is 10.4. The van der Waals surface area contributed by atoms with Crippen molar-refractivity contribution in [2.45, 2.75) is 46.2 Å². The highest BCUT2D eigenvalue weighted by Gasteiger charge is 2.30. The first-order chi connectivity index (χ1) is 16.5. The molecule has 192 valence electrons. The molecule has 2 amide bonds. The van der Waals surface area contributed by atoms with Crippen LogP contribution < -0.4 is 14.4 Å². The summed E-state index contributed by atoms with van der Waals surface area (Å²) in [6.07, 6.45) is 2.77. The van der Waals surface area contributed by atoms with Gasteiger partial charge in [-0.05, 0) is 49.6 Å². The first kappa shape index (κ1) is 28.5. The second-order valence-corrected chi connectivity index (χ2v) is 10.7. The van der Waals surface area contributed by atoms with Crippen LogP contribution in [0.5, 0.6) is 5.75 Å². The first-order valence-electron chi connectivity index (χ1n) is 11.4. The van der Waals surface area contributed by atoms with Crippen molar-refractivity contribution >= 4 is 39.1 Å². The number of nitrogens with one attached hydrogen (secondary N) is 1. The molecule has 2 rings (SSSR count). The lowest BCUT2D eigenvalue weighted by molar-refractivity contribution is -0.139. The molecule has 0 fully saturated rings. The van der Waals surface area contributed by atoms with Gasteiger partial charge in [0.2, 0.25) is 21.8 Å². The Bertz CT molecular complexity index is 1140. The van der Waals surface area contributed by atoms with Crippen molar-refractivity contribution in [3.8, 4) is 5.75 Å². The van der Waals surface area contributed by atoms with Crippen molar-refractivity contribution in [3.05, 3.63) is 58.6 Å². The predicted molar refractivity (Wildman–Crippen MR) is 139 cm³/mol. The molecule has 2 aromatic rings. The SMILES string of the molecule is CCCCNC(=O)C(C)N(Cc1ccccc1C)C(=O)CN(c1ccc(OC)c(Cl)c1)S(C)(=O)=O. The van der Waals surface area contributed by atoms with Crippen LogP contribution in [0.2, 0.25) is 5.02 Å². The van der Waals surface area contributed by atoms with Gasteiger partial charge in [-0.15, -0.1) is 0 Å². The molecule has 0 saturated carbocycles. The maximum absolute atomic E-state index is 13.6. The third-order valence-electron chi connectivity index (χ3n) is 5.70. The first-order valence-corrected chi connectivity index (χ1v) is 13.6. The summed E-state index contributed by atoms with van der Waals surface area (Å²) in [6.45, 7) is 5.77. The van der Waals surface area contributed by atoms with Gasteiger partial charge in [0.1, 0.15) is 18.3 Å². The van der Waals surface area contributed by atoms with E-state index in [2.05, 4.69) is 5.32 Å². The number of rotatable bonds is 12. The minimum absolute atomic E-state index is 0.162. The van der Waals surface area contributed by atoms with E-state index >= 15 is 0 Å². The lowest BCUT2D eigenvalue weighted by atomic mass is 10.1. The summed E-state index contributed by atoms with van der Waals surface area (Å²) < 4.78 is 31.4. The number of ether oxygens (including phenoxy) is 1. The van der Waals surface area contributed by atoms with Gasteiger partial charge in [0.05, 0.1) is 24.1 Å². The number of nitrogens with zero attached hydrogens (tertiary/aromatic N) is 2. The minimum Gasteiger partial charge on any atom is -0.495 e. The Labute approximate surface area is 213 Å². The molecular weight excluding hydrogens is 490 g/mol. The highest BCUT2D eigenvalue weighted by Crippen LogP contribution is 2.30. The molecular formula is C25H34ClN3O5S. The van der Waals surface area contributed by atoms with Gasteiger partial charge in [-0.3, -0.25) is 13.9 Å². The minimum atomic E-state index is -3.84. The summed E-state index contributed by atoms with van der Waals surface area (Å²) in [4.78, 5) is 27.8. The number of anilines is 1. The third-order valence-corrected chi connectivity index (χ3v) is 7.14. The lowest BCUT2D eigenvalue weighted by Gasteiger charge is -2.32. The summed E-state index contributed by atoms with van der Waals surface area (Å²) in [5, 5.41) is 3.07. The molecule has 0 aliphatic heterocycles. The fourth-order valence-electron chi connectivity index (χ4n) is 3.51. The number of aryl methyl sites for hydroxylation is 1. The van der Waals surface area contributed by atoms with Gasteiger partial charge in [0.25, 0.3) is 0 Å². The van der Waals surface area contributed by atoms with Crippen LogP contribution in [0.3, 0.4) is 0 Å². The van der Waals surface area contributed by atoms with Crippen LogP contribution in [0.4, 0.5) is 5.69 Å². The number of sulfonamides is 1. The number of halogens is 1.